The monoisotopic (exact) mass is 252 g/mol. The Morgan fingerprint density at radius 3 is 3.18 bits per heavy atom. The minimum atomic E-state index is 0.0251. The van der Waals surface area contributed by atoms with Crippen LogP contribution in [-0.4, -0.2) is 34.7 Å². The minimum Gasteiger partial charge on any atom is -0.396 e. The van der Waals surface area contributed by atoms with E-state index < -0.39 is 0 Å². The van der Waals surface area contributed by atoms with Gasteiger partial charge in [-0.05, 0) is 25.8 Å². The molecule has 2 rings (SSSR count). The standard InChI is InChI=1S/C13H20N2OS/c1-2-4-13(11-16)5-3-7-15(10-13)9-12-14-6-8-17-12/h2,6,8,16H,1,3-5,7,9-11H2/t13-/m0/s1. The van der Waals surface area contributed by atoms with Crippen LogP contribution in [0.1, 0.15) is 24.3 Å². The van der Waals surface area contributed by atoms with Gasteiger partial charge in [0.15, 0.2) is 0 Å². The van der Waals surface area contributed by atoms with Gasteiger partial charge in [-0.3, -0.25) is 4.90 Å². The number of aliphatic hydroxyl groups is 1. The quantitative estimate of drug-likeness (QED) is 0.817. The number of thiazole rings is 1. The summed E-state index contributed by atoms with van der Waals surface area (Å²) in [7, 11) is 0. The van der Waals surface area contributed by atoms with E-state index in [4.69, 9.17) is 0 Å². The summed E-state index contributed by atoms with van der Waals surface area (Å²) in [6.07, 6.45) is 6.94. The molecular weight excluding hydrogens is 232 g/mol. The number of allylic oxidation sites excluding steroid dienone is 1. The largest absolute Gasteiger partial charge is 0.396 e. The van der Waals surface area contributed by atoms with Gasteiger partial charge in [0, 0.05) is 23.5 Å². The molecule has 1 atom stereocenters. The molecule has 94 valence electrons. The lowest BCUT2D eigenvalue weighted by molar-refractivity contribution is 0.0309. The first-order valence-corrected chi connectivity index (χ1v) is 6.98. The lowest BCUT2D eigenvalue weighted by atomic mass is 9.78. The maximum atomic E-state index is 9.63. The van der Waals surface area contributed by atoms with Crippen LogP contribution in [0.2, 0.25) is 0 Å². The van der Waals surface area contributed by atoms with E-state index in [-0.39, 0.29) is 12.0 Å². The maximum Gasteiger partial charge on any atom is 0.107 e. The number of piperidine rings is 1. The Kier molecular flexibility index (Phi) is 4.31. The van der Waals surface area contributed by atoms with Crippen molar-refractivity contribution in [3.8, 4) is 0 Å². The van der Waals surface area contributed by atoms with Crippen LogP contribution >= 0.6 is 11.3 Å². The smallest absolute Gasteiger partial charge is 0.107 e. The van der Waals surface area contributed by atoms with Crippen LogP contribution in [0.3, 0.4) is 0 Å². The van der Waals surface area contributed by atoms with E-state index >= 15 is 0 Å². The van der Waals surface area contributed by atoms with Crippen LogP contribution in [-0.2, 0) is 6.54 Å². The van der Waals surface area contributed by atoms with Crippen molar-refractivity contribution >= 4 is 11.3 Å². The Morgan fingerprint density at radius 1 is 1.65 bits per heavy atom. The van der Waals surface area contributed by atoms with E-state index in [1.807, 2.05) is 17.7 Å². The Hall–Kier alpha value is -0.710. The molecule has 3 nitrogen and oxygen atoms in total. The highest BCUT2D eigenvalue weighted by atomic mass is 32.1. The molecule has 1 N–H and O–H groups in total. The van der Waals surface area contributed by atoms with E-state index in [2.05, 4.69) is 16.5 Å². The second-order valence-corrected chi connectivity index (χ2v) is 5.87. The molecule has 2 heterocycles. The summed E-state index contributed by atoms with van der Waals surface area (Å²) in [5, 5.41) is 12.8. The topological polar surface area (TPSA) is 36.4 Å². The van der Waals surface area contributed by atoms with Gasteiger partial charge in [0.25, 0.3) is 0 Å². The number of nitrogens with zero attached hydrogens (tertiary/aromatic N) is 2. The normalized spacial score (nSPS) is 25.9. The molecule has 1 aromatic rings. The molecule has 1 saturated heterocycles. The minimum absolute atomic E-state index is 0.0251. The van der Waals surface area contributed by atoms with Crippen molar-refractivity contribution in [2.45, 2.75) is 25.8 Å². The maximum absolute atomic E-state index is 9.63. The van der Waals surface area contributed by atoms with Gasteiger partial charge in [-0.25, -0.2) is 4.98 Å². The molecule has 4 heteroatoms. The van der Waals surface area contributed by atoms with Crippen LogP contribution in [0.25, 0.3) is 0 Å². The fourth-order valence-electron chi connectivity index (χ4n) is 2.63. The van der Waals surface area contributed by atoms with E-state index in [0.29, 0.717) is 0 Å². The highest BCUT2D eigenvalue weighted by Gasteiger charge is 2.33. The van der Waals surface area contributed by atoms with Crippen molar-refractivity contribution < 1.29 is 5.11 Å². The van der Waals surface area contributed by atoms with Crippen molar-refractivity contribution in [3.05, 3.63) is 29.2 Å². The van der Waals surface area contributed by atoms with Crippen LogP contribution < -0.4 is 0 Å². The molecule has 1 fully saturated rings. The lowest BCUT2D eigenvalue weighted by Crippen LogP contribution is -2.44. The third kappa shape index (κ3) is 3.15. The number of aliphatic hydroxyl groups excluding tert-OH is 1. The van der Waals surface area contributed by atoms with Gasteiger partial charge in [0.1, 0.15) is 5.01 Å². The number of likely N-dealkylation sites (tertiary alicyclic amines) is 1. The van der Waals surface area contributed by atoms with E-state index in [1.54, 1.807) is 11.3 Å². The summed E-state index contributed by atoms with van der Waals surface area (Å²) >= 11 is 1.70. The third-order valence-electron chi connectivity index (χ3n) is 3.50. The molecule has 0 unspecified atom stereocenters. The van der Waals surface area contributed by atoms with Crippen LogP contribution in [0, 0.1) is 5.41 Å². The zero-order valence-corrected chi connectivity index (χ0v) is 11.0. The third-order valence-corrected chi connectivity index (χ3v) is 4.26. The van der Waals surface area contributed by atoms with Gasteiger partial charge in [-0.15, -0.1) is 17.9 Å². The SMILES string of the molecule is C=CC[C@]1(CO)CCCN(Cc2nccs2)C1. The highest BCUT2D eigenvalue weighted by molar-refractivity contribution is 7.09. The van der Waals surface area contributed by atoms with Crippen molar-refractivity contribution in [2.24, 2.45) is 5.41 Å². The van der Waals surface area contributed by atoms with E-state index in [1.165, 1.54) is 0 Å². The predicted octanol–water partition coefficient (Wildman–Crippen LogP) is 2.29. The van der Waals surface area contributed by atoms with Gasteiger partial charge in [0.05, 0.1) is 13.2 Å². The molecule has 0 aliphatic carbocycles. The van der Waals surface area contributed by atoms with Gasteiger partial charge >= 0.3 is 0 Å². The molecule has 0 amide bonds. The Bertz CT molecular complexity index is 352. The zero-order chi connectivity index (χ0) is 12.1. The number of hydrogen-bond acceptors (Lipinski definition) is 4. The molecule has 0 saturated carbocycles. The summed E-state index contributed by atoms with van der Waals surface area (Å²) in [6, 6.07) is 0. The average molecular weight is 252 g/mol. The van der Waals surface area contributed by atoms with Crippen molar-refractivity contribution in [2.75, 3.05) is 19.7 Å². The predicted molar refractivity (Wildman–Crippen MR) is 71.0 cm³/mol. The molecule has 0 bridgehead atoms. The summed E-state index contributed by atoms with van der Waals surface area (Å²) in [4.78, 5) is 6.73. The Morgan fingerprint density at radius 2 is 2.53 bits per heavy atom. The van der Waals surface area contributed by atoms with Gasteiger partial charge in [-0.1, -0.05) is 6.08 Å². The first kappa shape index (κ1) is 12.7. The van der Waals surface area contributed by atoms with Crippen LogP contribution in [0.4, 0.5) is 0 Å². The summed E-state index contributed by atoms with van der Waals surface area (Å²) in [6.45, 7) is 7.04. The van der Waals surface area contributed by atoms with E-state index in [0.717, 1.165) is 43.9 Å². The fraction of sp³-hybridized carbons (Fsp3) is 0.615. The zero-order valence-electron chi connectivity index (χ0n) is 10.1. The molecule has 1 aliphatic heterocycles. The number of aromatic nitrogens is 1. The van der Waals surface area contributed by atoms with Crippen LogP contribution in [0.5, 0.6) is 0 Å². The van der Waals surface area contributed by atoms with Crippen molar-refractivity contribution in [1.82, 2.24) is 9.88 Å². The lowest BCUT2D eigenvalue weighted by Gasteiger charge is -2.41. The first-order valence-electron chi connectivity index (χ1n) is 6.10. The summed E-state index contributed by atoms with van der Waals surface area (Å²) < 4.78 is 0. The molecule has 1 aromatic heterocycles. The summed E-state index contributed by atoms with van der Waals surface area (Å²) in [5.74, 6) is 0. The molecule has 17 heavy (non-hydrogen) atoms. The molecule has 0 aromatic carbocycles. The fourth-order valence-corrected chi connectivity index (χ4v) is 3.29. The molecular formula is C13H20N2OS. The second kappa shape index (κ2) is 5.76. The number of hydrogen-bond donors (Lipinski definition) is 1. The Labute approximate surface area is 107 Å². The Balaban J connectivity index is 1.98. The average Bonchev–Trinajstić information content (AvgIpc) is 2.83. The van der Waals surface area contributed by atoms with Crippen molar-refractivity contribution in [1.29, 1.82) is 0 Å². The van der Waals surface area contributed by atoms with Gasteiger partial charge in [-0.2, -0.15) is 0 Å². The molecule has 0 radical (unpaired) electrons. The first-order chi connectivity index (χ1) is 8.28. The second-order valence-electron chi connectivity index (χ2n) is 4.89. The van der Waals surface area contributed by atoms with Crippen LogP contribution in [0.15, 0.2) is 24.2 Å². The van der Waals surface area contributed by atoms with Gasteiger partial charge in [0.2, 0.25) is 0 Å². The van der Waals surface area contributed by atoms with E-state index in [9.17, 15) is 5.11 Å². The van der Waals surface area contributed by atoms with Gasteiger partial charge < -0.3 is 5.11 Å². The molecule has 0 spiro atoms. The van der Waals surface area contributed by atoms with Crippen molar-refractivity contribution in [3.63, 3.8) is 0 Å². The molecule has 1 aliphatic rings. The summed E-state index contributed by atoms with van der Waals surface area (Å²) in [5.41, 5.74) is 0.0251. The highest BCUT2D eigenvalue weighted by Crippen LogP contribution is 2.34. The number of rotatable bonds is 5.